The molecule has 174 valence electrons. The smallest absolute Gasteiger partial charge is 0.357 e. The molecule has 10 heteroatoms. The van der Waals surface area contributed by atoms with E-state index in [1.165, 1.54) is 4.90 Å². The first-order chi connectivity index (χ1) is 14.4. The van der Waals surface area contributed by atoms with Crippen molar-refractivity contribution in [1.29, 1.82) is 0 Å². The molecule has 1 atom stereocenters. The van der Waals surface area contributed by atoms with Gasteiger partial charge in [0.25, 0.3) is 0 Å². The molecule has 6 nitrogen and oxygen atoms in total. The number of para-hydroxylation sites is 2. The van der Waals surface area contributed by atoms with Crippen molar-refractivity contribution < 1.29 is 13.2 Å². The fraction of sp³-hybridized carbons (Fsp3) is 0.619. The molecular formula is C21H32F3IN6. The fourth-order valence-corrected chi connectivity index (χ4v) is 3.94. The molecule has 0 bridgehead atoms. The number of aromatic nitrogens is 2. The third-order valence-corrected chi connectivity index (χ3v) is 5.32. The average molecular weight is 552 g/mol. The van der Waals surface area contributed by atoms with E-state index in [-0.39, 0.29) is 29.9 Å². The van der Waals surface area contributed by atoms with E-state index in [1.807, 2.05) is 32.0 Å². The number of aryl methyl sites for hydroxylation is 2. The van der Waals surface area contributed by atoms with Gasteiger partial charge in [-0.25, -0.2) is 4.98 Å². The lowest BCUT2D eigenvalue weighted by Gasteiger charge is -2.17. The van der Waals surface area contributed by atoms with Gasteiger partial charge < -0.3 is 15.2 Å². The summed E-state index contributed by atoms with van der Waals surface area (Å²) in [5.41, 5.74) is 2.15. The SMILES string of the molecule is CCNC(=NCC1CCN(CC(F)(F)F)C1)NCCCn1c(C)nc2ccccc21.I. The van der Waals surface area contributed by atoms with Gasteiger partial charge in [0.1, 0.15) is 5.82 Å². The monoisotopic (exact) mass is 552 g/mol. The quantitative estimate of drug-likeness (QED) is 0.227. The first-order valence-electron chi connectivity index (χ1n) is 10.6. The van der Waals surface area contributed by atoms with Gasteiger partial charge >= 0.3 is 6.18 Å². The standard InChI is InChI=1S/C21H31F3N6.HI/c1-3-25-20(27-13-17-9-12-29(14-17)15-21(22,23)24)26-10-6-11-30-16(2)28-18-7-4-5-8-19(18)30;/h4-5,7-8,17H,3,6,9-15H2,1-2H3,(H2,25,26,27);1H. The highest BCUT2D eigenvalue weighted by Crippen LogP contribution is 2.22. The van der Waals surface area contributed by atoms with Crippen LogP contribution in [0.3, 0.4) is 0 Å². The van der Waals surface area contributed by atoms with Crippen LogP contribution in [-0.4, -0.2) is 65.9 Å². The van der Waals surface area contributed by atoms with Crippen molar-refractivity contribution >= 4 is 41.0 Å². The fourth-order valence-electron chi connectivity index (χ4n) is 3.94. The topological polar surface area (TPSA) is 57.5 Å². The van der Waals surface area contributed by atoms with Crippen LogP contribution >= 0.6 is 24.0 Å². The van der Waals surface area contributed by atoms with Crippen molar-refractivity contribution in [2.24, 2.45) is 10.9 Å². The Morgan fingerprint density at radius 1 is 1.26 bits per heavy atom. The third kappa shape index (κ3) is 7.81. The second-order valence-electron chi connectivity index (χ2n) is 7.80. The number of halogens is 4. The molecule has 2 aromatic rings. The molecular weight excluding hydrogens is 520 g/mol. The Labute approximate surface area is 198 Å². The van der Waals surface area contributed by atoms with E-state index in [0.717, 1.165) is 55.3 Å². The Kier molecular flexibility index (Phi) is 9.86. The number of benzene rings is 1. The van der Waals surface area contributed by atoms with Gasteiger partial charge in [-0.05, 0) is 51.3 Å². The molecule has 1 aliphatic rings. The summed E-state index contributed by atoms with van der Waals surface area (Å²) in [6.07, 6.45) is -2.46. The molecule has 0 saturated carbocycles. The number of rotatable bonds is 8. The number of hydrogen-bond acceptors (Lipinski definition) is 3. The maximum Gasteiger partial charge on any atom is 0.401 e. The zero-order chi connectivity index (χ0) is 21.6. The summed E-state index contributed by atoms with van der Waals surface area (Å²) in [5.74, 6) is 1.89. The van der Waals surface area contributed by atoms with E-state index in [4.69, 9.17) is 0 Å². The molecule has 1 aromatic carbocycles. The third-order valence-electron chi connectivity index (χ3n) is 5.32. The molecule has 1 unspecified atom stereocenters. The van der Waals surface area contributed by atoms with Gasteiger partial charge in [-0.15, -0.1) is 24.0 Å². The summed E-state index contributed by atoms with van der Waals surface area (Å²) in [4.78, 5) is 10.7. The van der Waals surface area contributed by atoms with Gasteiger partial charge in [-0.1, -0.05) is 12.1 Å². The molecule has 1 aliphatic heterocycles. The number of guanidine groups is 1. The molecule has 31 heavy (non-hydrogen) atoms. The van der Waals surface area contributed by atoms with E-state index in [0.29, 0.717) is 19.6 Å². The van der Waals surface area contributed by atoms with Crippen LogP contribution in [0, 0.1) is 12.8 Å². The largest absolute Gasteiger partial charge is 0.401 e. The van der Waals surface area contributed by atoms with E-state index in [2.05, 4.69) is 31.2 Å². The van der Waals surface area contributed by atoms with Gasteiger partial charge in [0.15, 0.2) is 5.96 Å². The molecule has 2 N–H and O–H groups in total. The van der Waals surface area contributed by atoms with Crippen LogP contribution in [0.2, 0.25) is 0 Å². The van der Waals surface area contributed by atoms with Gasteiger partial charge in [-0.3, -0.25) is 9.89 Å². The van der Waals surface area contributed by atoms with Crippen LogP contribution in [0.5, 0.6) is 0 Å². The number of hydrogen-bond donors (Lipinski definition) is 2. The summed E-state index contributed by atoms with van der Waals surface area (Å²) >= 11 is 0. The van der Waals surface area contributed by atoms with E-state index in [9.17, 15) is 13.2 Å². The van der Waals surface area contributed by atoms with Gasteiger partial charge in [0.2, 0.25) is 0 Å². The van der Waals surface area contributed by atoms with Crippen LogP contribution in [0.25, 0.3) is 11.0 Å². The molecule has 0 spiro atoms. The Morgan fingerprint density at radius 2 is 2.03 bits per heavy atom. The number of alkyl halides is 3. The van der Waals surface area contributed by atoms with Crippen molar-refractivity contribution in [3.63, 3.8) is 0 Å². The summed E-state index contributed by atoms with van der Waals surface area (Å²) in [6.45, 7) is 7.01. The molecule has 3 rings (SSSR count). The van der Waals surface area contributed by atoms with Crippen molar-refractivity contribution in [3.05, 3.63) is 30.1 Å². The zero-order valence-electron chi connectivity index (χ0n) is 18.1. The predicted octanol–water partition coefficient (Wildman–Crippen LogP) is 3.79. The number of nitrogens with zero attached hydrogens (tertiary/aromatic N) is 4. The normalized spacial score (nSPS) is 17.7. The van der Waals surface area contributed by atoms with Crippen LogP contribution in [0.1, 0.15) is 25.6 Å². The molecule has 1 fully saturated rings. The predicted molar refractivity (Wildman–Crippen MR) is 129 cm³/mol. The summed E-state index contributed by atoms with van der Waals surface area (Å²) in [7, 11) is 0. The number of nitrogens with one attached hydrogen (secondary N) is 2. The molecule has 0 radical (unpaired) electrons. The first-order valence-corrected chi connectivity index (χ1v) is 10.6. The van der Waals surface area contributed by atoms with Crippen molar-refractivity contribution in [2.75, 3.05) is 39.3 Å². The highest BCUT2D eigenvalue weighted by molar-refractivity contribution is 14.0. The van der Waals surface area contributed by atoms with E-state index >= 15 is 0 Å². The Morgan fingerprint density at radius 3 is 2.77 bits per heavy atom. The number of imidazole rings is 1. The highest BCUT2D eigenvalue weighted by Gasteiger charge is 2.34. The van der Waals surface area contributed by atoms with E-state index in [1.54, 1.807) is 0 Å². The lowest BCUT2D eigenvalue weighted by atomic mass is 10.1. The lowest BCUT2D eigenvalue weighted by molar-refractivity contribution is -0.143. The minimum absolute atomic E-state index is 0. The van der Waals surface area contributed by atoms with Crippen LogP contribution in [0.4, 0.5) is 13.2 Å². The summed E-state index contributed by atoms with van der Waals surface area (Å²) < 4.78 is 39.8. The van der Waals surface area contributed by atoms with Crippen molar-refractivity contribution in [2.45, 2.75) is 39.4 Å². The van der Waals surface area contributed by atoms with Gasteiger partial charge in [-0.2, -0.15) is 13.2 Å². The Bertz CT molecular complexity index is 851. The Hall–Kier alpha value is -1.56. The van der Waals surface area contributed by atoms with Crippen molar-refractivity contribution in [1.82, 2.24) is 25.1 Å². The number of aliphatic imine (C=N–C) groups is 1. The van der Waals surface area contributed by atoms with Gasteiger partial charge in [0.05, 0.1) is 17.6 Å². The molecule has 0 amide bonds. The van der Waals surface area contributed by atoms with Gasteiger partial charge in [0, 0.05) is 32.7 Å². The van der Waals surface area contributed by atoms with Crippen LogP contribution in [0.15, 0.2) is 29.3 Å². The Balaban J connectivity index is 0.00000341. The molecule has 2 heterocycles. The van der Waals surface area contributed by atoms with E-state index < -0.39 is 12.7 Å². The second kappa shape index (κ2) is 11.9. The summed E-state index contributed by atoms with van der Waals surface area (Å²) in [6, 6.07) is 8.11. The number of likely N-dealkylation sites (tertiary alicyclic amines) is 1. The minimum atomic E-state index is -4.13. The first kappa shape index (κ1) is 25.7. The van der Waals surface area contributed by atoms with Crippen LogP contribution < -0.4 is 10.6 Å². The van der Waals surface area contributed by atoms with Crippen molar-refractivity contribution in [3.8, 4) is 0 Å². The maximum absolute atomic E-state index is 12.5. The highest BCUT2D eigenvalue weighted by atomic mass is 127. The average Bonchev–Trinajstić information content (AvgIpc) is 3.25. The number of fused-ring (bicyclic) bond motifs is 1. The summed E-state index contributed by atoms with van der Waals surface area (Å²) in [5, 5.41) is 6.55. The second-order valence-corrected chi connectivity index (χ2v) is 7.80. The zero-order valence-corrected chi connectivity index (χ0v) is 20.4. The molecule has 1 aromatic heterocycles. The molecule has 0 aliphatic carbocycles. The molecule has 1 saturated heterocycles. The minimum Gasteiger partial charge on any atom is -0.357 e. The lowest BCUT2D eigenvalue weighted by Crippen LogP contribution is -2.38. The van der Waals surface area contributed by atoms with Crippen LogP contribution in [-0.2, 0) is 6.54 Å². The maximum atomic E-state index is 12.5.